The highest BCUT2D eigenvalue weighted by Crippen LogP contribution is 2.13. The van der Waals surface area contributed by atoms with E-state index in [4.69, 9.17) is 4.74 Å². The molecule has 0 saturated carbocycles. The van der Waals surface area contributed by atoms with Crippen LogP contribution in [0.1, 0.15) is 13.3 Å². The first kappa shape index (κ1) is 17.7. The molecule has 2 saturated heterocycles. The molecule has 2 heterocycles. The lowest BCUT2D eigenvalue weighted by molar-refractivity contribution is -0.130. The highest BCUT2D eigenvalue weighted by molar-refractivity contribution is 7.91. The van der Waals surface area contributed by atoms with E-state index in [0.717, 1.165) is 19.6 Å². The zero-order valence-corrected chi connectivity index (χ0v) is 14.4. The van der Waals surface area contributed by atoms with E-state index in [-0.39, 0.29) is 35.6 Å². The normalized spacial score (nSPS) is 30.4. The number of nitrogens with zero attached hydrogens (tertiary/aromatic N) is 2. The van der Waals surface area contributed by atoms with Gasteiger partial charge in [-0.1, -0.05) is 0 Å². The zero-order chi connectivity index (χ0) is 16.3. The Morgan fingerprint density at radius 1 is 1.45 bits per heavy atom. The van der Waals surface area contributed by atoms with E-state index < -0.39 is 9.84 Å². The minimum atomic E-state index is -2.97. The maximum atomic E-state index is 12.3. The molecule has 7 nitrogen and oxygen atoms in total. The molecule has 1 N–H and O–H groups in total. The van der Waals surface area contributed by atoms with Crippen LogP contribution in [-0.4, -0.2) is 94.2 Å². The molecule has 0 radical (unpaired) electrons. The van der Waals surface area contributed by atoms with Crippen LogP contribution < -0.4 is 5.32 Å². The van der Waals surface area contributed by atoms with Crippen molar-refractivity contribution in [3.8, 4) is 0 Å². The third-order valence-electron chi connectivity index (χ3n) is 4.24. The van der Waals surface area contributed by atoms with Gasteiger partial charge in [-0.2, -0.15) is 0 Å². The van der Waals surface area contributed by atoms with Gasteiger partial charge in [0.05, 0.1) is 30.3 Å². The number of morpholine rings is 1. The quantitative estimate of drug-likeness (QED) is 0.691. The number of ether oxygens (including phenoxy) is 1. The second-order valence-electron chi connectivity index (χ2n) is 6.53. The molecule has 0 aromatic heterocycles. The number of amides is 1. The van der Waals surface area contributed by atoms with Crippen molar-refractivity contribution in [2.75, 3.05) is 51.8 Å². The molecule has 2 rings (SSSR count). The molecule has 0 aromatic rings. The molecule has 8 heteroatoms. The minimum Gasteiger partial charge on any atom is -0.374 e. The largest absolute Gasteiger partial charge is 0.374 e. The molecule has 2 aliphatic heterocycles. The van der Waals surface area contributed by atoms with Gasteiger partial charge >= 0.3 is 0 Å². The van der Waals surface area contributed by atoms with Crippen LogP contribution in [0, 0.1) is 0 Å². The number of hydrogen-bond donors (Lipinski definition) is 1. The molecule has 0 aliphatic carbocycles. The van der Waals surface area contributed by atoms with Crippen LogP contribution in [0.15, 0.2) is 0 Å². The standard InChI is InChI=1S/C14H27N3O4S/c1-11(14(18)15-12-4-7-22(19,20)10-12)17-5-6-21-13(9-17)8-16(2)3/h11-13H,4-10H2,1-3H3,(H,15,18)/t11-,12-,13+/m1/s1. The van der Waals surface area contributed by atoms with Crippen LogP contribution in [0.4, 0.5) is 0 Å². The number of carbonyl (C=O) groups is 1. The van der Waals surface area contributed by atoms with E-state index in [2.05, 4.69) is 15.1 Å². The zero-order valence-electron chi connectivity index (χ0n) is 13.6. The van der Waals surface area contributed by atoms with E-state index >= 15 is 0 Å². The Hall–Kier alpha value is -0.700. The molecule has 2 aliphatic rings. The minimum absolute atomic E-state index is 0.0673. The van der Waals surface area contributed by atoms with Crippen molar-refractivity contribution in [3.63, 3.8) is 0 Å². The van der Waals surface area contributed by atoms with Gasteiger partial charge in [-0.05, 0) is 27.4 Å². The first-order chi connectivity index (χ1) is 10.3. The van der Waals surface area contributed by atoms with Crippen molar-refractivity contribution in [2.45, 2.75) is 31.5 Å². The molecule has 0 spiro atoms. The fourth-order valence-electron chi connectivity index (χ4n) is 3.01. The Morgan fingerprint density at radius 2 is 2.18 bits per heavy atom. The van der Waals surface area contributed by atoms with Gasteiger partial charge in [0.25, 0.3) is 0 Å². The lowest BCUT2D eigenvalue weighted by Gasteiger charge is -2.37. The molecule has 128 valence electrons. The number of carbonyl (C=O) groups excluding carboxylic acids is 1. The summed E-state index contributed by atoms with van der Waals surface area (Å²) >= 11 is 0. The summed E-state index contributed by atoms with van der Waals surface area (Å²) in [5.41, 5.74) is 0. The summed E-state index contributed by atoms with van der Waals surface area (Å²) in [4.78, 5) is 16.5. The van der Waals surface area contributed by atoms with Gasteiger partial charge in [-0.3, -0.25) is 9.69 Å². The monoisotopic (exact) mass is 333 g/mol. The van der Waals surface area contributed by atoms with Gasteiger partial charge in [-0.15, -0.1) is 0 Å². The summed E-state index contributed by atoms with van der Waals surface area (Å²) in [6.07, 6.45) is 0.624. The first-order valence-corrected chi connectivity index (χ1v) is 9.60. The van der Waals surface area contributed by atoms with Crippen molar-refractivity contribution in [1.29, 1.82) is 0 Å². The molecular weight excluding hydrogens is 306 g/mol. The predicted molar refractivity (Wildman–Crippen MR) is 84.5 cm³/mol. The van der Waals surface area contributed by atoms with Gasteiger partial charge in [-0.25, -0.2) is 8.42 Å². The van der Waals surface area contributed by atoms with E-state index in [1.54, 1.807) is 0 Å². The molecular formula is C14H27N3O4S. The number of likely N-dealkylation sites (N-methyl/N-ethyl adjacent to an activating group) is 1. The van der Waals surface area contributed by atoms with Crippen molar-refractivity contribution >= 4 is 15.7 Å². The highest BCUT2D eigenvalue weighted by Gasteiger charge is 2.32. The number of sulfone groups is 1. The molecule has 1 amide bonds. The SMILES string of the molecule is C[C@H](C(=O)N[C@@H]1CCS(=O)(=O)C1)N1CCO[C@@H](CN(C)C)C1. The van der Waals surface area contributed by atoms with Crippen molar-refractivity contribution < 1.29 is 17.9 Å². The maximum Gasteiger partial charge on any atom is 0.237 e. The topological polar surface area (TPSA) is 79.0 Å². The summed E-state index contributed by atoms with van der Waals surface area (Å²) in [6.45, 7) is 4.76. The third kappa shape index (κ3) is 4.91. The van der Waals surface area contributed by atoms with E-state index in [0.29, 0.717) is 13.0 Å². The van der Waals surface area contributed by atoms with Crippen LogP contribution in [0.2, 0.25) is 0 Å². The fourth-order valence-corrected chi connectivity index (χ4v) is 4.68. The van der Waals surface area contributed by atoms with Crippen LogP contribution >= 0.6 is 0 Å². The Kier molecular flexibility index (Phi) is 5.81. The van der Waals surface area contributed by atoms with Crippen LogP contribution in [0.25, 0.3) is 0 Å². The summed E-state index contributed by atoms with van der Waals surface area (Å²) in [6, 6.07) is -0.504. The summed E-state index contributed by atoms with van der Waals surface area (Å²) < 4.78 is 28.6. The molecule has 0 unspecified atom stereocenters. The van der Waals surface area contributed by atoms with Gasteiger partial charge in [0.15, 0.2) is 9.84 Å². The summed E-state index contributed by atoms with van der Waals surface area (Å²) in [5.74, 6) is 0.152. The third-order valence-corrected chi connectivity index (χ3v) is 6.01. The van der Waals surface area contributed by atoms with Crippen LogP contribution in [0.5, 0.6) is 0 Å². The average Bonchev–Trinajstić information content (AvgIpc) is 2.76. The fraction of sp³-hybridized carbons (Fsp3) is 0.929. The second kappa shape index (κ2) is 7.25. The van der Waals surface area contributed by atoms with E-state index in [1.165, 1.54) is 0 Å². The van der Waals surface area contributed by atoms with Gasteiger partial charge in [0.2, 0.25) is 5.91 Å². The van der Waals surface area contributed by atoms with Crippen molar-refractivity contribution in [1.82, 2.24) is 15.1 Å². The Bertz CT molecular complexity index is 494. The predicted octanol–water partition coefficient (Wildman–Crippen LogP) is -1.06. The number of hydrogen-bond acceptors (Lipinski definition) is 6. The maximum absolute atomic E-state index is 12.3. The number of nitrogens with one attached hydrogen (secondary N) is 1. The Morgan fingerprint density at radius 3 is 2.77 bits per heavy atom. The van der Waals surface area contributed by atoms with E-state index in [9.17, 15) is 13.2 Å². The summed E-state index contributed by atoms with van der Waals surface area (Å²) in [5, 5.41) is 2.88. The lowest BCUT2D eigenvalue weighted by atomic mass is 10.1. The summed E-state index contributed by atoms with van der Waals surface area (Å²) in [7, 11) is 1.03. The van der Waals surface area contributed by atoms with Crippen LogP contribution in [-0.2, 0) is 19.4 Å². The Balaban J connectivity index is 1.84. The molecule has 0 bridgehead atoms. The molecule has 22 heavy (non-hydrogen) atoms. The van der Waals surface area contributed by atoms with Crippen LogP contribution in [0.3, 0.4) is 0 Å². The smallest absolute Gasteiger partial charge is 0.237 e. The van der Waals surface area contributed by atoms with Crippen molar-refractivity contribution in [2.24, 2.45) is 0 Å². The highest BCUT2D eigenvalue weighted by atomic mass is 32.2. The van der Waals surface area contributed by atoms with Crippen molar-refractivity contribution in [3.05, 3.63) is 0 Å². The van der Waals surface area contributed by atoms with E-state index in [1.807, 2.05) is 21.0 Å². The molecule has 2 fully saturated rings. The average molecular weight is 333 g/mol. The lowest BCUT2D eigenvalue weighted by Crippen LogP contribution is -2.55. The molecule has 3 atom stereocenters. The number of rotatable bonds is 5. The van der Waals surface area contributed by atoms with Gasteiger partial charge < -0.3 is 15.0 Å². The second-order valence-corrected chi connectivity index (χ2v) is 8.76. The molecule has 0 aromatic carbocycles. The first-order valence-electron chi connectivity index (χ1n) is 7.78. The van der Waals surface area contributed by atoms with Gasteiger partial charge in [0.1, 0.15) is 0 Å². The van der Waals surface area contributed by atoms with Gasteiger partial charge in [0, 0.05) is 25.7 Å². The Labute approximate surface area is 132 Å².